The first-order chi connectivity index (χ1) is 10.2. The predicted octanol–water partition coefficient (Wildman–Crippen LogP) is 2.34. The Balaban J connectivity index is 1.61. The molecule has 2 heterocycles. The van der Waals surface area contributed by atoms with E-state index in [2.05, 4.69) is 10.3 Å². The van der Waals surface area contributed by atoms with Crippen molar-refractivity contribution in [1.82, 2.24) is 10.3 Å². The van der Waals surface area contributed by atoms with Crippen LogP contribution in [0.1, 0.15) is 28.1 Å². The van der Waals surface area contributed by atoms with Crippen LogP contribution in [-0.4, -0.2) is 30.6 Å². The Bertz CT molecular complexity index is 664. The number of nitrogens with zero attached hydrogens (tertiary/aromatic N) is 1. The maximum Gasteiger partial charge on any atom is 0.263 e. The van der Waals surface area contributed by atoms with E-state index in [1.54, 1.807) is 6.20 Å². The molecule has 0 atom stereocenters. The van der Waals surface area contributed by atoms with E-state index in [1.807, 2.05) is 13.0 Å². The van der Waals surface area contributed by atoms with Crippen LogP contribution in [0.4, 0.5) is 5.69 Å². The van der Waals surface area contributed by atoms with E-state index in [-0.39, 0.29) is 5.91 Å². The number of carbonyl (C=O) groups is 1. The first kappa shape index (κ1) is 14.3. The van der Waals surface area contributed by atoms with E-state index >= 15 is 0 Å². The van der Waals surface area contributed by atoms with Gasteiger partial charge < -0.3 is 15.8 Å². The number of thiophene rings is 1. The van der Waals surface area contributed by atoms with Crippen molar-refractivity contribution in [2.45, 2.75) is 19.8 Å². The van der Waals surface area contributed by atoms with Gasteiger partial charge in [0.1, 0.15) is 9.71 Å². The third kappa shape index (κ3) is 3.16. The first-order valence-electron chi connectivity index (χ1n) is 7.16. The molecule has 0 spiro atoms. The van der Waals surface area contributed by atoms with Crippen molar-refractivity contribution in [1.29, 1.82) is 0 Å². The molecular formula is C15H19N3O2S. The SMILES string of the molecule is Cc1ccnc2sc(C(=O)NCCOCC3CC3)c(N)c12. The highest BCUT2D eigenvalue weighted by atomic mass is 32.1. The minimum absolute atomic E-state index is 0.148. The molecule has 0 unspecified atom stereocenters. The first-order valence-corrected chi connectivity index (χ1v) is 7.98. The molecule has 0 radical (unpaired) electrons. The van der Waals surface area contributed by atoms with Crippen molar-refractivity contribution in [3.05, 3.63) is 22.7 Å². The van der Waals surface area contributed by atoms with Crippen LogP contribution in [-0.2, 0) is 4.74 Å². The molecule has 5 nitrogen and oxygen atoms in total. The number of hydrogen-bond acceptors (Lipinski definition) is 5. The van der Waals surface area contributed by atoms with E-state index in [0.29, 0.717) is 23.7 Å². The summed E-state index contributed by atoms with van der Waals surface area (Å²) in [5.41, 5.74) is 7.66. The fourth-order valence-electron chi connectivity index (χ4n) is 2.22. The lowest BCUT2D eigenvalue weighted by molar-refractivity contribution is 0.0911. The van der Waals surface area contributed by atoms with E-state index in [0.717, 1.165) is 28.3 Å². The van der Waals surface area contributed by atoms with Crippen LogP contribution in [0.15, 0.2) is 12.3 Å². The predicted molar refractivity (Wildman–Crippen MR) is 84.6 cm³/mol. The number of pyridine rings is 1. The van der Waals surface area contributed by atoms with Crippen LogP contribution in [0.25, 0.3) is 10.2 Å². The molecule has 2 aromatic heterocycles. The van der Waals surface area contributed by atoms with Crippen LogP contribution in [0.5, 0.6) is 0 Å². The van der Waals surface area contributed by atoms with Gasteiger partial charge in [-0.3, -0.25) is 4.79 Å². The van der Waals surface area contributed by atoms with Gasteiger partial charge in [0.25, 0.3) is 5.91 Å². The quantitative estimate of drug-likeness (QED) is 0.803. The number of hydrogen-bond donors (Lipinski definition) is 2. The summed E-state index contributed by atoms with van der Waals surface area (Å²) in [6.07, 6.45) is 4.29. The van der Waals surface area contributed by atoms with Gasteiger partial charge in [-0.15, -0.1) is 11.3 Å². The number of carbonyl (C=O) groups excluding carboxylic acids is 1. The van der Waals surface area contributed by atoms with Crippen molar-refractivity contribution in [2.75, 3.05) is 25.5 Å². The topological polar surface area (TPSA) is 77.2 Å². The summed E-state index contributed by atoms with van der Waals surface area (Å²) in [6.45, 7) is 3.83. The largest absolute Gasteiger partial charge is 0.397 e. The Morgan fingerprint density at radius 3 is 3.10 bits per heavy atom. The van der Waals surface area contributed by atoms with Gasteiger partial charge in [0.2, 0.25) is 0 Å². The maximum absolute atomic E-state index is 12.2. The molecule has 1 fully saturated rings. The second-order valence-corrected chi connectivity index (χ2v) is 6.43. The molecule has 0 aliphatic heterocycles. The summed E-state index contributed by atoms with van der Waals surface area (Å²) in [6, 6.07) is 1.90. The zero-order chi connectivity index (χ0) is 14.8. The number of nitrogen functional groups attached to an aromatic ring is 1. The fourth-order valence-corrected chi connectivity index (χ4v) is 3.28. The normalized spacial score (nSPS) is 14.5. The van der Waals surface area contributed by atoms with Crippen LogP contribution in [0.3, 0.4) is 0 Å². The molecule has 2 aromatic rings. The highest BCUT2D eigenvalue weighted by Gasteiger charge is 2.21. The van der Waals surface area contributed by atoms with E-state index in [1.165, 1.54) is 24.2 Å². The molecular weight excluding hydrogens is 286 g/mol. The van der Waals surface area contributed by atoms with Gasteiger partial charge in [0.05, 0.1) is 12.3 Å². The van der Waals surface area contributed by atoms with Gasteiger partial charge in [-0.25, -0.2) is 4.98 Å². The average molecular weight is 305 g/mol. The zero-order valence-electron chi connectivity index (χ0n) is 12.0. The molecule has 21 heavy (non-hydrogen) atoms. The highest BCUT2D eigenvalue weighted by Crippen LogP contribution is 2.34. The Labute approximate surface area is 127 Å². The van der Waals surface area contributed by atoms with E-state index < -0.39 is 0 Å². The monoisotopic (exact) mass is 305 g/mol. The Morgan fingerprint density at radius 2 is 2.38 bits per heavy atom. The molecule has 0 aromatic carbocycles. The lowest BCUT2D eigenvalue weighted by Crippen LogP contribution is -2.27. The molecule has 1 aliphatic rings. The number of anilines is 1. The van der Waals surface area contributed by atoms with Crippen LogP contribution in [0, 0.1) is 12.8 Å². The van der Waals surface area contributed by atoms with Crippen LogP contribution < -0.4 is 11.1 Å². The number of nitrogens with one attached hydrogen (secondary N) is 1. The van der Waals surface area contributed by atoms with Gasteiger partial charge in [-0.1, -0.05) is 0 Å². The number of ether oxygens (including phenoxy) is 1. The van der Waals surface area contributed by atoms with Gasteiger partial charge in [-0.2, -0.15) is 0 Å². The minimum Gasteiger partial charge on any atom is -0.397 e. The van der Waals surface area contributed by atoms with Crippen molar-refractivity contribution in [3.63, 3.8) is 0 Å². The second-order valence-electron chi connectivity index (χ2n) is 5.43. The number of nitrogens with two attached hydrogens (primary N) is 1. The zero-order valence-corrected chi connectivity index (χ0v) is 12.8. The summed E-state index contributed by atoms with van der Waals surface area (Å²) in [4.78, 5) is 17.8. The summed E-state index contributed by atoms with van der Waals surface area (Å²) in [7, 11) is 0. The van der Waals surface area contributed by atoms with Crippen molar-refractivity contribution >= 4 is 33.1 Å². The van der Waals surface area contributed by atoms with Crippen molar-refractivity contribution < 1.29 is 9.53 Å². The molecule has 112 valence electrons. The van der Waals surface area contributed by atoms with Crippen molar-refractivity contribution in [2.24, 2.45) is 5.92 Å². The summed E-state index contributed by atoms with van der Waals surface area (Å²) in [5.74, 6) is 0.595. The van der Waals surface area contributed by atoms with Gasteiger partial charge in [0.15, 0.2) is 0 Å². The van der Waals surface area contributed by atoms with Crippen LogP contribution >= 0.6 is 11.3 Å². The summed E-state index contributed by atoms with van der Waals surface area (Å²) >= 11 is 1.34. The molecule has 0 saturated heterocycles. The maximum atomic E-state index is 12.2. The second kappa shape index (κ2) is 5.99. The standard InChI is InChI=1S/C15H19N3O2S/c1-9-4-5-18-15-11(9)12(16)13(21-15)14(19)17-6-7-20-8-10-2-3-10/h4-5,10H,2-3,6-8,16H2,1H3,(H,17,19). The van der Waals surface area contributed by atoms with Gasteiger partial charge >= 0.3 is 0 Å². The van der Waals surface area contributed by atoms with E-state index in [9.17, 15) is 4.79 Å². The van der Waals surface area contributed by atoms with Gasteiger partial charge in [-0.05, 0) is 37.3 Å². The smallest absolute Gasteiger partial charge is 0.263 e. The highest BCUT2D eigenvalue weighted by molar-refractivity contribution is 7.21. The molecule has 1 saturated carbocycles. The molecule has 1 amide bonds. The summed E-state index contributed by atoms with van der Waals surface area (Å²) in [5, 5.41) is 3.74. The molecule has 3 rings (SSSR count). The van der Waals surface area contributed by atoms with Gasteiger partial charge in [0, 0.05) is 24.7 Å². The number of aromatic nitrogens is 1. The molecule has 1 aliphatic carbocycles. The van der Waals surface area contributed by atoms with Crippen molar-refractivity contribution in [3.8, 4) is 0 Å². The third-order valence-corrected chi connectivity index (χ3v) is 4.74. The number of rotatable bonds is 6. The fraction of sp³-hybridized carbons (Fsp3) is 0.467. The minimum atomic E-state index is -0.148. The Kier molecular flexibility index (Phi) is 4.07. The number of fused-ring (bicyclic) bond motifs is 1. The molecule has 0 bridgehead atoms. The number of aryl methyl sites for hydroxylation is 1. The molecule has 6 heteroatoms. The Morgan fingerprint density at radius 1 is 1.57 bits per heavy atom. The lowest BCUT2D eigenvalue weighted by Gasteiger charge is -2.05. The lowest BCUT2D eigenvalue weighted by atomic mass is 10.2. The third-order valence-electron chi connectivity index (χ3n) is 3.63. The average Bonchev–Trinajstić information content (AvgIpc) is 3.22. The summed E-state index contributed by atoms with van der Waals surface area (Å²) < 4.78 is 5.50. The Hall–Kier alpha value is -1.66. The molecule has 3 N–H and O–H groups in total. The van der Waals surface area contributed by atoms with E-state index in [4.69, 9.17) is 10.5 Å². The number of amides is 1. The van der Waals surface area contributed by atoms with Crippen LogP contribution in [0.2, 0.25) is 0 Å².